The van der Waals surface area contributed by atoms with Crippen molar-refractivity contribution in [2.24, 2.45) is 0 Å². The van der Waals surface area contributed by atoms with Crippen LogP contribution in [0.1, 0.15) is 23.6 Å². The number of rotatable bonds is 4. The Morgan fingerprint density at radius 3 is 2.62 bits per heavy atom. The third-order valence-corrected chi connectivity index (χ3v) is 5.71. The SMILES string of the molecule is CCc1ccc(/C=C2\SC(=S)N(Cc3ccc4c(c3)OCO4)C2=O)cc1. The van der Waals surface area contributed by atoms with Crippen molar-refractivity contribution in [3.05, 3.63) is 64.1 Å². The Hall–Kier alpha value is -2.31. The Morgan fingerprint density at radius 2 is 1.85 bits per heavy atom. The van der Waals surface area contributed by atoms with Crippen LogP contribution in [0, 0.1) is 0 Å². The third-order valence-electron chi connectivity index (χ3n) is 4.34. The molecule has 0 N–H and O–H groups in total. The molecule has 2 aliphatic rings. The molecule has 2 heterocycles. The first-order valence-corrected chi connectivity index (χ1v) is 9.59. The molecule has 0 aliphatic carbocycles. The quantitative estimate of drug-likeness (QED) is 0.579. The van der Waals surface area contributed by atoms with E-state index in [9.17, 15) is 4.79 Å². The average molecular weight is 383 g/mol. The van der Waals surface area contributed by atoms with E-state index in [2.05, 4.69) is 19.1 Å². The molecule has 0 atom stereocenters. The molecule has 0 saturated carbocycles. The van der Waals surface area contributed by atoms with E-state index in [-0.39, 0.29) is 12.7 Å². The minimum absolute atomic E-state index is 0.0581. The van der Waals surface area contributed by atoms with Crippen molar-refractivity contribution in [2.45, 2.75) is 19.9 Å². The highest BCUT2D eigenvalue weighted by molar-refractivity contribution is 8.26. The van der Waals surface area contributed by atoms with Crippen LogP contribution in [-0.2, 0) is 17.8 Å². The summed E-state index contributed by atoms with van der Waals surface area (Å²) in [5.41, 5.74) is 3.24. The van der Waals surface area contributed by atoms with Crippen molar-refractivity contribution in [2.75, 3.05) is 6.79 Å². The van der Waals surface area contributed by atoms with Crippen LogP contribution >= 0.6 is 24.0 Å². The van der Waals surface area contributed by atoms with Crippen molar-refractivity contribution in [3.63, 3.8) is 0 Å². The fraction of sp³-hybridized carbons (Fsp3) is 0.200. The van der Waals surface area contributed by atoms with Crippen molar-refractivity contribution in [1.82, 2.24) is 4.90 Å². The highest BCUT2D eigenvalue weighted by atomic mass is 32.2. The van der Waals surface area contributed by atoms with E-state index in [1.807, 2.05) is 36.4 Å². The number of hydrogen-bond donors (Lipinski definition) is 0. The Kier molecular flexibility index (Phi) is 4.70. The standard InChI is InChI=1S/C20H17NO3S2/c1-2-13-3-5-14(6-4-13)10-18-19(22)21(20(25)26-18)11-15-7-8-16-17(9-15)24-12-23-16/h3-10H,2,11-12H2,1H3/b18-10-. The number of nitrogens with zero attached hydrogens (tertiary/aromatic N) is 1. The van der Waals surface area contributed by atoms with E-state index < -0.39 is 0 Å². The van der Waals surface area contributed by atoms with Gasteiger partial charge in [0.15, 0.2) is 11.5 Å². The first-order chi connectivity index (χ1) is 12.6. The molecule has 6 heteroatoms. The number of carbonyl (C=O) groups excluding carboxylic acids is 1. The van der Waals surface area contributed by atoms with Crippen molar-refractivity contribution in [3.8, 4) is 11.5 Å². The molecule has 1 saturated heterocycles. The van der Waals surface area contributed by atoms with Gasteiger partial charge in [-0.3, -0.25) is 9.69 Å². The molecular weight excluding hydrogens is 366 g/mol. The van der Waals surface area contributed by atoms with Gasteiger partial charge in [0.1, 0.15) is 4.32 Å². The molecule has 2 aliphatic heterocycles. The summed E-state index contributed by atoms with van der Waals surface area (Å²) in [6.45, 7) is 2.78. The van der Waals surface area contributed by atoms with Crippen LogP contribution in [0.2, 0.25) is 0 Å². The van der Waals surface area contributed by atoms with Crippen LogP contribution in [0.3, 0.4) is 0 Å². The Morgan fingerprint density at radius 1 is 1.12 bits per heavy atom. The second-order valence-corrected chi connectivity index (χ2v) is 7.73. The Bertz CT molecular complexity index is 906. The van der Waals surface area contributed by atoms with E-state index in [1.165, 1.54) is 17.3 Å². The highest BCUT2D eigenvalue weighted by Gasteiger charge is 2.32. The van der Waals surface area contributed by atoms with Crippen LogP contribution < -0.4 is 9.47 Å². The lowest BCUT2D eigenvalue weighted by Crippen LogP contribution is -2.27. The van der Waals surface area contributed by atoms with E-state index in [1.54, 1.807) is 4.90 Å². The monoisotopic (exact) mass is 383 g/mol. The van der Waals surface area contributed by atoms with Crippen LogP contribution in [0.5, 0.6) is 11.5 Å². The fourth-order valence-electron chi connectivity index (χ4n) is 2.86. The van der Waals surface area contributed by atoms with Crippen LogP contribution in [0.4, 0.5) is 0 Å². The zero-order valence-corrected chi connectivity index (χ0v) is 15.9. The van der Waals surface area contributed by atoms with Crippen LogP contribution in [0.15, 0.2) is 47.4 Å². The highest BCUT2D eigenvalue weighted by Crippen LogP contribution is 2.36. The molecule has 4 rings (SSSR count). The minimum atomic E-state index is -0.0581. The van der Waals surface area contributed by atoms with Crippen LogP contribution in [-0.4, -0.2) is 21.9 Å². The lowest BCUT2D eigenvalue weighted by Gasteiger charge is -2.14. The van der Waals surface area contributed by atoms with Crippen molar-refractivity contribution in [1.29, 1.82) is 0 Å². The summed E-state index contributed by atoms with van der Waals surface area (Å²) >= 11 is 6.76. The predicted molar refractivity (Wildman–Crippen MR) is 107 cm³/mol. The fourth-order valence-corrected chi connectivity index (χ4v) is 4.11. The number of thiocarbonyl (C=S) groups is 1. The smallest absolute Gasteiger partial charge is 0.266 e. The van der Waals surface area contributed by atoms with Gasteiger partial charge in [-0.15, -0.1) is 0 Å². The van der Waals surface area contributed by atoms with E-state index in [0.29, 0.717) is 21.5 Å². The zero-order chi connectivity index (χ0) is 18.1. The van der Waals surface area contributed by atoms with Crippen molar-refractivity contribution < 1.29 is 14.3 Å². The maximum absolute atomic E-state index is 12.8. The molecule has 2 aromatic carbocycles. The van der Waals surface area contributed by atoms with Gasteiger partial charge in [0.25, 0.3) is 5.91 Å². The number of fused-ring (bicyclic) bond motifs is 1. The summed E-state index contributed by atoms with van der Waals surface area (Å²) in [5.74, 6) is 1.38. The van der Waals surface area contributed by atoms with E-state index >= 15 is 0 Å². The molecule has 0 bridgehead atoms. The summed E-state index contributed by atoms with van der Waals surface area (Å²) < 4.78 is 11.3. The lowest BCUT2D eigenvalue weighted by atomic mass is 10.1. The predicted octanol–water partition coefficient (Wildman–Crippen LogP) is 4.38. The number of carbonyl (C=O) groups is 1. The van der Waals surface area contributed by atoms with Gasteiger partial charge in [-0.2, -0.15) is 0 Å². The summed E-state index contributed by atoms with van der Waals surface area (Å²) in [6, 6.07) is 13.9. The van der Waals surface area contributed by atoms with Crippen LogP contribution in [0.25, 0.3) is 6.08 Å². The normalized spacial score (nSPS) is 17.4. The maximum atomic E-state index is 12.8. The number of hydrogen-bond acceptors (Lipinski definition) is 5. The van der Waals surface area contributed by atoms with Gasteiger partial charge in [-0.25, -0.2) is 0 Å². The zero-order valence-electron chi connectivity index (χ0n) is 14.2. The van der Waals surface area contributed by atoms with E-state index in [4.69, 9.17) is 21.7 Å². The lowest BCUT2D eigenvalue weighted by molar-refractivity contribution is -0.122. The summed E-state index contributed by atoms with van der Waals surface area (Å²) in [5, 5.41) is 0. The number of benzene rings is 2. The Balaban J connectivity index is 1.52. The van der Waals surface area contributed by atoms with Gasteiger partial charge < -0.3 is 9.47 Å². The third kappa shape index (κ3) is 3.34. The molecule has 0 spiro atoms. The van der Waals surface area contributed by atoms with Gasteiger partial charge in [-0.05, 0) is 41.3 Å². The molecule has 0 aromatic heterocycles. The molecule has 132 valence electrons. The molecule has 0 unspecified atom stereocenters. The number of ether oxygens (including phenoxy) is 2. The molecule has 0 radical (unpaired) electrons. The van der Waals surface area contributed by atoms with Gasteiger partial charge in [-0.1, -0.05) is 61.2 Å². The molecular formula is C20H17NO3S2. The van der Waals surface area contributed by atoms with Gasteiger partial charge in [0, 0.05) is 0 Å². The first kappa shape index (κ1) is 17.1. The van der Waals surface area contributed by atoms with Crippen molar-refractivity contribution >= 4 is 40.3 Å². The first-order valence-electron chi connectivity index (χ1n) is 8.37. The number of aryl methyl sites for hydroxylation is 1. The topological polar surface area (TPSA) is 38.8 Å². The summed E-state index contributed by atoms with van der Waals surface area (Å²) in [6.07, 6.45) is 2.90. The molecule has 26 heavy (non-hydrogen) atoms. The maximum Gasteiger partial charge on any atom is 0.266 e. The second-order valence-electron chi connectivity index (χ2n) is 6.05. The largest absolute Gasteiger partial charge is 0.454 e. The number of amides is 1. The summed E-state index contributed by atoms with van der Waals surface area (Å²) in [7, 11) is 0. The number of thioether (sulfide) groups is 1. The van der Waals surface area contributed by atoms with Gasteiger partial charge in [0.2, 0.25) is 6.79 Å². The Labute approximate surface area is 161 Å². The molecule has 2 aromatic rings. The molecule has 4 nitrogen and oxygen atoms in total. The molecule has 1 fully saturated rings. The average Bonchev–Trinajstić information content (AvgIpc) is 3.22. The summed E-state index contributed by atoms with van der Waals surface area (Å²) in [4.78, 5) is 15.1. The van der Waals surface area contributed by atoms with Gasteiger partial charge in [0.05, 0.1) is 11.4 Å². The minimum Gasteiger partial charge on any atom is -0.454 e. The second kappa shape index (κ2) is 7.13. The van der Waals surface area contributed by atoms with E-state index in [0.717, 1.165) is 23.3 Å². The van der Waals surface area contributed by atoms with Gasteiger partial charge >= 0.3 is 0 Å². The molecule has 1 amide bonds.